The van der Waals surface area contributed by atoms with Gasteiger partial charge in [0.25, 0.3) is 0 Å². The molecule has 0 fully saturated rings. The zero-order valence-corrected chi connectivity index (χ0v) is 20.6. The average molecular weight is 460 g/mol. The summed E-state index contributed by atoms with van der Waals surface area (Å²) in [5.41, 5.74) is 3.65. The molecule has 34 heavy (non-hydrogen) atoms. The first kappa shape index (κ1) is 25.5. The lowest BCUT2D eigenvalue weighted by Crippen LogP contribution is -2.08. The second kappa shape index (κ2) is 14.2. The van der Waals surface area contributed by atoms with Crippen LogP contribution in [0.3, 0.4) is 0 Å². The van der Waals surface area contributed by atoms with E-state index in [9.17, 15) is 4.79 Å². The van der Waals surface area contributed by atoms with Crippen LogP contribution in [0, 0.1) is 0 Å². The molecule has 0 N–H and O–H groups in total. The van der Waals surface area contributed by atoms with Crippen molar-refractivity contribution in [2.75, 3.05) is 6.61 Å². The number of pyridine rings is 1. The Bertz CT molecular complexity index is 979. The van der Waals surface area contributed by atoms with Crippen LogP contribution in [-0.2, 0) is 6.42 Å². The molecule has 0 saturated carbocycles. The van der Waals surface area contributed by atoms with Crippen LogP contribution < -0.4 is 9.47 Å². The van der Waals surface area contributed by atoms with Gasteiger partial charge in [-0.2, -0.15) is 0 Å². The molecule has 0 saturated heterocycles. The number of aromatic nitrogens is 1. The first-order chi connectivity index (χ1) is 16.7. The Kier molecular flexibility index (Phi) is 10.6. The summed E-state index contributed by atoms with van der Waals surface area (Å²) in [6.45, 7) is 5.14. The zero-order valence-electron chi connectivity index (χ0n) is 20.6. The molecule has 1 heterocycles. The van der Waals surface area contributed by atoms with Crippen LogP contribution in [0.15, 0.2) is 66.9 Å². The fraction of sp³-hybridized carbons (Fsp3) is 0.400. The van der Waals surface area contributed by atoms with Gasteiger partial charge in [-0.3, -0.25) is 4.98 Å². The van der Waals surface area contributed by atoms with E-state index in [2.05, 4.69) is 24.9 Å². The summed E-state index contributed by atoms with van der Waals surface area (Å²) in [6.07, 6.45) is 12.7. The Morgan fingerprint density at radius 1 is 0.735 bits per heavy atom. The van der Waals surface area contributed by atoms with Crippen molar-refractivity contribution in [2.24, 2.45) is 0 Å². The lowest BCUT2D eigenvalue weighted by molar-refractivity contribution is 0.0734. The number of benzene rings is 2. The number of aryl methyl sites for hydroxylation is 1. The Hall–Kier alpha value is -3.14. The van der Waals surface area contributed by atoms with Crippen molar-refractivity contribution in [1.82, 2.24) is 4.98 Å². The first-order valence-corrected chi connectivity index (χ1v) is 12.7. The third-order valence-electron chi connectivity index (χ3n) is 5.86. The van der Waals surface area contributed by atoms with E-state index < -0.39 is 0 Å². The molecule has 0 spiro atoms. The highest BCUT2D eigenvalue weighted by Gasteiger charge is 2.10. The second-order valence-corrected chi connectivity index (χ2v) is 8.71. The van der Waals surface area contributed by atoms with Crippen LogP contribution in [0.5, 0.6) is 11.5 Å². The van der Waals surface area contributed by atoms with Crippen molar-refractivity contribution in [3.8, 4) is 22.8 Å². The quantitative estimate of drug-likeness (QED) is 0.139. The molecule has 0 bridgehead atoms. The summed E-state index contributed by atoms with van der Waals surface area (Å²) in [7, 11) is 0. The summed E-state index contributed by atoms with van der Waals surface area (Å²) in [4.78, 5) is 17.1. The molecule has 0 atom stereocenters. The maximum absolute atomic E-state index is 12.5. The number of hydrogen-bond acceptors (Lipinski definition) is 4. The molecule has 3 rings (SSSR count). The highest BCUT2D eigenvalue weighted by Crippen LogP contribution is 2.21. The Balaban J connectivity index is 1.48. The molecule has 4 nitrogen and oxygen atoms in total. The fourth-order valence-electron chi connectivity index (χ4n) is 3.76. The molecule has 180 valence electrons. The Morgan fingerprint density at radius 3 is 2.09 bits per heavy atom. The van der Waals surface area contributed by atoms with E-state index >= 15 is 0 Å². The van der Waals surface area contributed by atoms with Crippen molar-refractivity contribution < 1.29 is 14.3 Å². The molecular formula is C30H37NO3. The van der Waals surface area contributed by atoms with E-state index in [1.54, 1.807) is 24.3 Å². The number of rotatable bonds is 14. The molecule has 2 aromatic carbocycles. The normalized spacial score (nSPS) is 10.8. The number of unbranched alkanes of at least 4 members (excludes halogenated alkanes) is 6. The summed E-state index contributed by atoms with van der Waals surface area (Å²) < 4.78 is 11.3. The Morgan fingerprint density at radius 2 is 1.41 bits per heavy atom. The van der Waals surface area contributed by atoms with Crippen LogP contribution in [0.4, 0.5) is 0 Å². The van der Waals surface area contributed by atoms with Gasteiger partial charge in [0.2, 0.25) is 0 Å². The van der Waals surface area contributed by atoms with Gasteiger partial charge in [-0.1, -0.05) is 70.6 Å². The van der Waals surface area contributed by atoms with E-state index in [1.165, 1.54) is 50.5 Å². The molecule has 0 aliphatic rings. The van der Waals surface area contributed by atoms with Gasteiger partial charge in [0.1, 0.15) is 11.5 Å². The van der Waals surface area contributed by atoms with Crippen molar-refractivity contribution in [3.63, 3.8) is 0 Å². The van der Waals surface area contributed by atoms with Crippen molar-refractivity contribution in [3.05, 3.63) is 78.0 Å². The largest absolute Gasteiger partial charge is 0.494 e. The third-order valence-corrected chi connectivity index (χ3v) is 5.86. The fourth-order valence-corrected chi connectivity index (χ4v) is 3.76. The lowest BCUT2D eigenvalue weighted by Gasteiger charge is -2.08. The highest BCUT2D eigenvalue weighted by molar-refractivity contribution is 5.91. The van der Waals surface area contributed by atoms with Crippen LogP contribution >= 0.6 is 0 Å². The van der Waals surface area contributed by atoms with E-state index in [-0.39, 0.29) is 5.97 Å². The van der Waals surface area contributed by atoms with Gasteiger partial charge >= 0.3 is 5.97 Å². The molecule has 0 unspecified atom stereocenters. The van der Waals surface area contributed by atoms with Gasteiger partial charge < -0.3 is 9.47 Å². The van der Waals surface area contributed by atoms with Gasteiger partial charge in [-0.05, 0) is 67.3 Å². The molecule has 1 aromatic heterocycles. The molecule has 0 amide bonds. The predicted octanol–water partition coefficient (Wildman–Crippen LogP) is 8.05. The second-order valence-electron chi connectivity index (χ2n) is 8.71. The van der Waals surface area contributed by atoms with Crippen LogP contribution in [0.1, 0.15) is 81.1 Å². The van der Waals surface area contributed by atoms with Crippen molar-refractivity contribution in [2.45, 2.75) is 71.6 Å². The number of nitrogens with zero attached hydrogens (tertiary/aromatic N) is 1. The number of carbonyl (C=O) groups excluding carboxylic acids is 1. The lowest BCUT2D eigenvalue weighted by atomic mass is 10.1. The number of esters is 1. The standard InChI is InChI=1S/C30H37NO3/c1-3-5-7-8-10-22-33-27-17-19-28(20-18-27)34-30(32)26-15-13-25(14-16-26)29-21-12-24(23-31-29)11-9-6-4-2/h12-21,23H,3-11,22H2,1-2H3. The number of hydrogen-bond donors (Lipinski definition) is 0. The molecular weight excluding hydrogens is 422 g/mol. The van der Waals surface area contributed by atoms with E-state index in [0.29, 0.717) is 17.9 Å². The minimum atomic E-state index is -0.379. The van der Waals surface area contributed by atoms with E-state index in [4.69, 9.17) is 9.47 Å². The van der Waals surface area contributed by atoms with Gasteiger partial charge in [0.05, 0.1) is 17.9 Å². The Labute approximate surface area is 204 Å². The van der Waals surface area contributed by atoms with Crippen LogP contribution in [0.2, 0.25) is 0 Å². The summed E-state index contributed by atoms with van der Waals surface area (Å²) >= 11 is 0. The van der Waals surface area contributed by atoms with E-state index in [1.807, 2.05) is 36.5 Å². The van der Waals surface area contributed by atoms with Crippen molar-refractivity contribution >= 4 is 5.97 Å². The minimum Gasteiger partial charge on any atom is -0.494 e. The van der Waals surface area contributed by atoms with Crippen LogP contribution in [0.25, 0.3) is 11.3 Å². The van der Waals surface area contributed by atoms with Gasteiger partial charge in [0.15, 0.2) is 0 Å². The summed E-state index contributed by atoms with van der Waals surface area (Å²) in [5, 5.41) is 0. The van der Waals surface area contributed by atoms with Crippen LogP contribution in [-0.4, -0.2) is 17.6 Å². The van der Waals surface area contributed by atoms with E-state index in [0.717, 1.165) is 29.8 Å². The monoisotopic (exact) mass is 459 g/mol. The van der Waals surface area contributed by atoms with Gasteiger partial charge in [0, 0.05) is 11.8 Å². The summed E-state index contributed by atoms with van der Waals surface area (Å²) in [5.74, 6) is 0.920. The van der Waals surface area contributed by atoms with Gasteiger partial charge in [-0.25, -0.2) is 4.79 Å². The molecule has 0 aliphatic heterocycles. The van der Waals surface area contributed by atoms with Gasteiger partial charge in [-0.15, -0.1) is 0 Å². The number of carbonyl (C=O) groups is 1. The molecule has 3 aromatic rings. The minimum absolute atomic E-state index is 0.379. The zero-order chi connectivity index (χ0) is 24.0. The molecule has 0 aliphatic carbocycles. The smallest absolute Gasteiger partial charge is 0.343 e. The number of ether oxygens (including phenoxy) is 2. The molecule has 0 radical (unpaired) electrons. The van der Waals surface area contributed by atoms with Crippen molar-refractivity contribution in [1.29, 1.82) is 0 Å². The summed E-state index contributed by atoms with van der Waals surface area (Å²) in [6, 6.07) is 18.8. The average Bonchev–Trinajstić information content (AvgIpc) is 2.88. The highest BCUT2D eigenvalue weighted by atomic mass is 16.5. The first-order valence-electron chi connectivity index (χ1n) is 12.7. The predicted molar refractivity (Wildman–Crippen MR) is 139 cm³/mol. The maximum atomic E-state index is 12.5. The maximum Gasteiger partial charge on any atom is 0.343 e. The molecule has 4 heteroatoms. The third kappa shape index (κ3) is 8.33. The topological polar surface area (TPSA) is 48.4 Å². The SMILES string of the molecule is CCCCCCCOc1ccc(OC(=O)c2ccc(-c3ccc(CCCCC)cn3)cc2)cc1.